The maximum Gasteiger partial charge on any atom is 0.265 e. The molecule has 0 radical (unpaired) electrons. The van der Waals surface area contributed by atoms with E-state index < -0.39 is 5.91 Å². The number of nitrogens with zero attached hydrogens (tertiary/aromatic N) is 3. The van der Waals surface area contributed by atoms with Crippen LogP contribution in [0.1, 0.15) is 50.2 Å². The fraction of sp³-hybridized carbons (Fsp3) is 0.304. The Labute approximate surface area is 170 Å². The van der Waals surface area contributed by atoms with Gasteiger partial charge in [-0.1, -0.05) is 26.0 Å². The molecule has 0 aliphatic heterocycles. The smallest absolute Gasteiger partial charge is 0.265 e. The van der Waals surface area contributed by atoms with E-state index in [2.05, 4.69) is 23.8 Å². The van der Waals surface area contributed by atoms with Crippen molar-refractivity contribution in [1.29, 1.82) is 0 Å². The van der Waals surface area contributed by atoms with E-state index in [-0.39, 0.29) is 5.56 Å². The molecular weight excluding hydrogens is 364 g/mol. The molecule has 0 aliphatic rings. The molecule has 0 bridgehead atoms. The van der Waals surface area contributed by atoms with Gasteiger partial charge >= 0.3 is 0 Å². The van der Waals surface area contributed by atoms with Crippen molar-refractivity contribution in [1.82, 2.24) is 14.5 Å². The van der Waals surface area contributed by atoms with Gasteiger partial charge in [0.05, 0.1) is 10.9 Å². The summed E-state index contributed by atoms with van der Waals surface area (Å²) in [6, 6.07) is 9.65. The second-order valence-corrected chi connectivity index (χ2v) is 7.48. The number of benzene rings is 1. The second kappa shape index (κ2) is 9.28. The molecule has 29 heavy (non-hydrogen) atoms. The summed E-state index contributed by atoms with van der Waals surface area (Å²) in [5.41, 5.74) is 8.64. The van der Waals surface area contributed by atoms with Gasteiger partial charge in [-0.15, -0.1) is 0 Å². The zero-order chi connectivity index (χ0) is 20.8. The van der Waals surface area contributed by atoms with Gasteiger partial charge in [0.2, 0.25) is 5.91 Å². The van der Waals surface area contributed by atoms with Gasteiger partial charge < -0.3 is 5.73 Å². The third-order valence-corrected chi connectivity index (χ3v) is 4.97. The summed E-state index contributed by atoms with van der Waals surface area (Å²) in [7, 11) is 0. The first-order chi connectivity index (χ1) is 14.0. The molecule has 1 aromatic carbocycles. The van der Waals surface area contributed by atoms with E-state index in [1.54, 1.807) is 6.20 Å². The first-order valence-corrected chi connectivity index (χ1v) is 9.86. The van der Waals surface area contributed by atoms with Crippen LogP contribution < -0.4 is 11.3 Å². The van der Waals surface area contributed by atoms with Crippen molar-refractivity contribution in [2.45, 2.75) is 45.4 Å². The summed E-state index contributed by atoms with van der Waals surface area (Å²) in [5, 5.41) is 0.537. The molecule has 1 amide bonds. The molecule has 3 aromatic rings. The van der Waals surface area contributed by atoms with Crippen molar-refractivity contribution >= 4 is 23.0 Å². The van der Waals surface area contributed by atoms with E-state index in [4.69, 9.17) is 5.73 Å². The highest BCUT2D eigenvalue weighted by atomic mass is 16.1. The number of amides is 1. The summed E-state index contributed by atoms with van der Waals surface area (Å²) in [6.45, 7) is 4.15. The van der Waals surface area contributed by atoms with Gasteiger partial charge in [-0.05, 0) is 60.9 Å². The van der Waals surface area contributed by atoms with Gasteiger partial charge in [-0.2, -0.15) is 0 Å². The van der Waals surface area contributed by atoms with E-state index in [0.29, 0.717) is 28.8 Å². The van der Waals surface area contributed by atoms with Gasteiger partial charge in [0.1, 0.15) is 6.33 Å². The van der Waals surface area contributed by atoms with E-state index in [0.717, 1.165) is 30.4 Å². The number of hydrogen-bond donors (Lipinski definition) is 1. The number of pyridine rings is 1. The number of nitrogens with two attached hydrogens (primary N) is 1. The minimum Gasteiger partial charge on any atom is -0.366 e. The van der Waals surface area contributed by atoms with Crippen LogP contribution in [0.2, 0.25) is 0 Å². The lowest BCUT2D eigenvalue weighted by Gasteiger charge is -2.09. The number of unbranched alkanes of at least 4 members (excludes halogenated alkanes) is 1. The Morgan fingerprint density at radius 2 is 2.07 bits per heavy atom. The van der Waals surface area contributed by atoms with E-state index in [9.17, 15) is 9.59 Å². The first-order valence-electron chi connectivity index (χ1n) is 9.86. The fourth-order valence-electron chi connectivity index (χ4n) is 3.21. The molecule has 0 unspecified atom stereocenters. The molecule has 6 heteroatoms. The van der Waals surface area contributed by atoms with Crippen LogP contribution in [0.25, 0.3) is 17.1 Å². The number of aromatic nitrogens is 3. The minimum atomic E-state index is -0.519. The van der Waals surface area contributed by atoms with E-state index in [1.807, 2.05) is 36.5 Å². The Hall–Kier alpha value is -3.28. The Balaban J connectivity index is 1.79. The highest BCUT2D eigenvalue weighted by Crippen LogP contribution is 2.18. The van der Waals surface area contributed by atoms with Crippen LogP contribution in [0, 0.1) is 0 Å². The molecule has 2 aromatic heterocycles. The maximum absolute atomic E-state index is 12.9. The number of fused-ring (bicyclic) bond motifs is 1. The SMILES string of the molecule is CC(C)c1ccc2ncn(/C=C(\CCCCc3cccnc3)C(N)=O)c(=O)c2c1. The highest BCUT2D eigenvalue weighted by molar-refractivity contribution is 5.95. The predicted molar refractivity (Wildman–Crippen MR) is 115 cm³/mol. The number of aryl methyl sites for hydroxylation is 1. The number of hydrogen-bond acceptors (Lipinski definition) is 4. The van der Waals surface area contributed by atoms with Gasteiger partial charge in [0.15, 0.2) is 0 Å². The highest BCUT2D eigenvalue weighted by Gasteiger charge is 2.10. The van der Waals surface area contributed by atoms with Crippen LogP contribution in [-0.4, -0.2) is 20.4 Å². The van der Waals surface area contributed by atoms with E-state index in [1.165, 1.54) is 17.1 Å². The normalized spacial score (nSPS) is 11.9. The van der Waals surface area contributed by atoms with Gasteiger partial charge in [-0.25, -0.2) is 4.98 Å². The van der Waals surface area contributed by atoms with Crippen molar-refractivity contribution in [3.8, 4) is 0 Å². The van der Waals surface area contributed by atoms with Gasteiger partial charge in [0.25, 0.3) is 5.56 Å². The molecule has 150 valence electrons. The second-order valence-electron chi connectivity index (χ2n) is 7.48. The Morgan fingerprint density at radius 1 is 1.24 bits per heavy atom. The average Bonchev–Trinajstić information content (AvgIpc) is 2.72. The third-order valence-electron chi connectivity index (χ3n) is 4.97. The van der Waals surface area contributed by atoms with Crippen LogP contribution in [0.3, 0.4) is 0 Å². The summed E-state index contributed by atoms with van der Waals surface area (Å²) in [6.07, 6.45) is 9.63. The van der Waals surface area contributed by atoms with Crippen LogP contribution in [0.15, 0.2) is 59.4 Å². The zero-order valence-electron chi connectivity index (χ0n) is 16.8. The molecule has 2 heterocycles. The number of primary amides is 1. The maximum atomic E-state index is 12.9. The summed E-state index contributed by atoms with van der Waals surface area (Å²) in [4.78, 5) is 33.2. The lowest BCUT2D eigenvalue weighted by atomic mass is 10.0. The largest absolute Gasteiger partial charge is 0.366 e. The molecule has 6 nitrogen and oxygen atoms in total. The third kappa shape index (κ3) is 5.16. The minimum absolute atomic E-state index is 0.202. The quantitative estimate of drug-likeness (QED) is 0.469. The van der Waals surface area contributed by atoms with Gasteiger partial charge in [-0.3, -0.25) is 19.1 Å². The molecule has 0 atom stereocenters. The average molecular weight is 390 g/mol. The van der Waals surface area contributed by atoms with Crippen molar-refractivity contribution in [3.05, 3.63) is 76.1 Å². The summed E-state index contributed by atoms with van der Waals surface area (Å²) >= 11 is 0. The lowest BCUT2D eigenvalue weighted by Crippen LogP contribution is -2.20. The lowest BCUT2D eigenvalue weighted by molar-refractivity contribution is -0.114. The van der Waals surface area contributed by atoms with Crippen molar-refractivity contribution in [2.75, 3.05) is 0 Å². The van der Waals surface area contributed by atoms with Crippen LogP contribution in [-0.2, 0) is 11.2 Å². The number of carbonyl (C=O) groups is 1. The fourth-order valence-corrected chi connectivity index (χ4v) is 3.21. The van der Waals surface area contributed by atoms with Crippen LogP contribution in [0.4, 0.5) is 0 Å². The topological polar surface area (TPSA) is 90.9 Å². The Morgan fingerprint density at radius 3 is 2.76 bits per heavy atom. The van der Waals surface area contributed by atoms with E-state index >= 15 is 0 Å². The molecule has 0 saturated heterocycles. The van der Waals surface area contributed by atoms with Crippen LogP contribution in [0.5, 0.6) is 0 Å². The molecule has 0 aliphatic carbocycles. The molecule has 0 fully saturated rings. The molecule has 3 rings (SSSR count). The monoisotopic (exact) mass is 390 g/mol. The number of carbonyl (C=O) groups excluding carboxylic acids is 1. The van der Waals surface area contributed by atoms with Crippen molar-refractivity contribution in [2.24, 2.45) is 5.73 Å². The number of rotatable bonds is 8. The molecular formula is C23H26N4O2. The first kappa shape index (κ1) is 20.5. The predicted octanol–water partition coefficient (Wildman–Crippen LogP) is 3.65. The van der Waals surface area contributed by atoms with Gasteiger partial charge in [0, 0.05) is 24.2 Å². The van der Waals surface area contributed by atoms with Crippen molar-refractivity contribution < 1.29 is 4.79 Å². The standard InChI is InChI=1S/C23H26N4O2/c1-16(2)18-9-10-21-20(12-18)23(29)27(15-26-21)14-19(22(24)28)8-4-3-6-17-7-5-11-25-13-17/h5,7,9-16H,3-4,6,8H2,1-2H3,(H2,24,28)/b19-14+. The summed E-state index contributed by atoms with van der Waals surface area (Å²) in [5.74, 6) is -0.210. The Bertz CT molecular complexity index is 1080. The molecule has 0 saturated carbocycles. The zero-order valence-corrected chi connectivity index (χ0v) is 16.8. The Kier molecular flexibility index (Phi) is 6.54. The molecule has 2 N–H and O–H groups in total. The van der Waals surface area contributed by atoms with Crippen LogP contribution >= 0.6 is 0 Å². The molecule has 0 spiro atoms. The van der Waals surface area contributed by atoms with Crippen molar-refractivity contribution in [3.63, 3.8) is 0 Å². The summed E-state index contributed by atoms with van der Waals surface area (Å²) < 4.78 is 1.35.